The summed E-state index contributed by atoms with van der Waals surface area (Å²) >= 11 is 3.37. The highest BCUT2D eigenvalue weighted by molar-refractivity contribution is 9.10. The Morgan fingerprint density at radius 1 is 1.45 bits per heavy atom. The van der Waals surface area contributed by atoms with Crippen molar-refractivity contribution in [3.05, 3.63) is 28.7 Å². The van der Waals surface area contributed by atoms with Gasteiger partial charge in [-0.15, -0.1) is 0 Å². The van der Waals surface area contributed by atoms with Crippen molar-refractivity contribution in [3.63, 3.8) is 0 Å². The normalized spacial score (nSPS) is 19.8. The number of nitrogens with one attached hydrogen (secondary N) is 1. The molecule has 22 heavy (non-hydrogen) atoms. The van der Waals surface area contributed by atoms with Gasteiger partial charge in [-0.2, -0.15) is 0 Å². The maximum Gasteiger partial charge on any atom is 0.322 e. The lowest BCUT2D eigenvalue weighted by atomic mass is 10.2. The minimum Gasteiger partial charge on any atom is -0.383 e. The Balaban J connectivity index is 2.11. The lowest BCUT2D eigenvalue weighted by Crippen LogP contribution is -2.45. The van der Waals surface area contributed by atoms with Gasteiger partial charge < -0.3 is 15.0 Å². The van der Waals surface area contributed by atoms with Gasteiger partial charge in [0.25, 0.3) is 0 Å². The second-order valence-corrected chi connectivity index (χ2v) is 8.24. The molecule has 0 aromatic heterocycles. The number of anilines is 1. The van der Waals surface area contributed by atoms with E-state index in [1.807, 2.05) is 18.2 Å². The molecular weight excluding hydrogens is 372 g/mol. The summed E-state index contributed by atoms with van der Waals surface area (Å²) in [6.07, 6.45) is 0.468. The molecular formula is C14H19BrN2O4S. The van der Waals surface area contributed by atoms with E-state index in [1.165, 1.54) is 0 Å². The third-order valence-corrected chi connectivity index (χ3v) is 6.00. The van der Waals surface area contributed by atoms with E-state index in [4.69, 9.17) is 4.74 Å². The van der Waals surface area contributed by atoms with Crippen molar-refractivity contribution in [1.29, 1.82) is 0 Å². The van der Waals surface area contributed by atoms with Crippen molar-refractivity contribution in [2.45, 2.75) is 12.5 Å². The summed E-state index contributed by atoms with van der Waals surface area (Å²) in [5, 5.41) is 2.81. The Bertz CT molecular complexity index is 635. The molecule has 1 unspecified atom stereocenters. The minimum atomic E-state index is -3.05. The van der Waals surface area contributed by atoms with Crippen molar-refractivity contribution in [3.8, 4) is 0 Å². The van der Waals surface area contributed by atoms with Gasteiger partial charge in [-0.1, -0.05) is 12.1 Å². The first-order valence-corrected chi connectivity index (χ1v) is 9.56. The van der Waals surface area contributed by atoms with Crippen molar-refractivity contribution in [2.75, 3.05) is 37.1 Å². The summed E-state index contributed by atoms with van der Waals surface area (Å²) in [6, 6.07) is 6.66. The first-order chi connectivity index (χ1) is 10.4. The molecule has 122 valence electrons. The topological polar surface area (TPSA) is 75.7 Å². The van der Waals surface area contributed by atoms with Gasteiger partial charge in [0, 0.05) is 24.2 Å². The SMILES string of the molecule is COCCN(C(=O)Nc1ccccc1Br)C1CCS(=O)(=O)C1. The standard InChI is InChI=1S/C14H19BrN2O4S/c1-21-8-7-17(11-6-9-22(19,20)10-11)14(18)16-13-5-3-2-4-12(13)15/h2-5,11H,6-10H2,1H3,(H,16,18). The van der Waals surface area contributed by atoms with Crippen molar-refractivity contribution >= 4 is 37.5 Å². The molecule has 1 aromatic carbocycles. The molecule has 1 N–H and O–H groups in total. The molecule has 2 rings (SSSR count). The maximum absolute atomic E-state index is 12.5. The van der Waals surface area contributed by atoms with Gasteiger partial charge in [-0.05, 0) is 34.5 Å². The molecule has 8 heteroatoms. The fourth-order valence-electron chi connectivity index (χ4n) is 2.41. The van der Waals surface area contributed by atoms with E-state index in [9.17, 15) is 13.2 Å². The van der Waals surface area contributed by atoms with Crippen molar-refractivity contribution < 1.29 is 17.9 Å². The summed E-state index contributed by atoms with van der Waals surface area (Å²) in [7, 11) is -1.50. The quantitative estimate of drug-likeness (QED) is 0.835. The zero-order valence-corrected chi connectivity index (χ0v) is 14.7. The molecule has 6 nitrogen and oxygen atoms in total. The maximum atomic E-state index is 12.5. The van der Waals surface area contributed by atoms with Crippen LogP contribution in [0.4, 0.5) is 10.5 Å². The number of ether oxygens (including phenoxy) is 1. The van der Waals surface area contributed by atoms with E-state index in [-0.39, 0.29) is 23.6 Å². The summed E-state index contributed by atoms with van der Waals surface area (Å²) in [6.45, 7) is 0.715. The van der Waals surface area contributed by atoms with Crippen LogP contribution >= 0.6 is 15.9 Å². The third kappa shape index (κ3) is 4.44. The van der Waals surface area contributed by atoms with Gasteiger partial charge >= 0.3 is 6.03 Å². The molecule has 1 aliphatic heterocycles. The Labute approximate surface area is 138 Å². The Morgan fingerprint density at radius 2 is 2.18 bits per heavy atom. The van der Waals surface area contributed by atoms with Crippen LogP contribution in [0.2, 0.25) is 0 Å². The molecule has 0 radical (unpaired) electrons. The zero-order chi connectivity index (χ0) is 16.2. The molecule has 1 heterocycles. The highest BCUT2D eigenvalue weighted by atomic mass is 79.9. The summed E-state index contributed by atoms with van der Waals surface area (Å²) < 4.78 is 29.1. The number of rotatable bonds is 5. The number of benzene rings is 1. The molecule has 0 spiro atoms. The van der Waals surface area contributed by atoms with Crippen LogP contribution < -0.4 is 5.32 Å². The number of methoxy groups -OCH3 is 1. The van der Waals surface area contributed by atoms with E-state index >= 15 is 0 Å². The van der Waals surface area contributed by atoms with Crippen LogP contribution in [0.1, 0.15) is 6.42 Å². The van der Waals surface area contributed by atoms with Crippen LogP contribution in [0.5, 0.6) is 0 Å². The third-order valence-electron chi connectivity index (χ3n) is 3.56. The highest BCUT2D eigenvalue weighted by Crippen LogP contribution is 2.23. The monoisotopic (exact) mass is 390 g/mol. The predicted molar refractivity (Wildman–Crippen MR) is 88.8 cm³/mol. The molecule has 0 bridgehead atoms. The number of halogens is 1. The number of hydrogen-bond acceptors (Lipinski definition) is 4. The number of urea groups is 1. The Kier molecular flexibility index (Phi) is 5.82. The molecule has 2 amide bonds. The van der Waals surface area contributed by atoms with E-state index in [1.54, 1.807) is 18.1 Å². The number of carbonyl (C=O) groups is 1. The number of amides is 2. The van der Waals surface area contributed by atoms with Gasteiger partial charge in [0.2, 0.25) is 0 Å². The Hall–Kier alpha value is -1.12. The minimum absolute atomic E-state index is 0.0140. The van der Waals surface area contributed by atoms with Gasteiger partial charge in [0.15, 0.2) is 9.84 Å². The van der Waals surface area contributed by atoms with Gasteiger partial charge in [-0.3, -0.25) is 0 Å². The number of para-hydroxylation sites is 1. The van der Waals surface area contributed by atoms with Gasteiger partial charge in [-0.25, -0.2) is 13.2 Å². The number of carbonyl (C=O) groups excluding carboxylic acids is 1. The second kappa shape index (κ2) is 7.43. The second-order valence-electron chi connectivity index (χ2n) is 5.15. The molecule has 1 atom stereocenters. The van der Waals surface area contributed by atoms with E-state index in [0.717, 1.165) is 4.47 Å². The van der Waals surface area contributed by atoms with Crippen LogP contribution in [-0.4, -0.2) is 57.2 Å². The number of hydrogen-bond donors (Lipinski definition) is 1. The molecule has 1 aliphatic rings. The van der Waals surface area contributed by atoms with Crippen LogP contribution in [0, 0.1) is 0 Å². The summed E-state index contributed by atoms with van der Waals surface area (Å²) in [5.74, 6) is 0.142. The number of sulfone groups is 1. The molecule has 1 aromatic rings. The molecule has 0 saturated carbocycles. The lowest BCUT2D eigenvalue weighted by molar-refractivity contribution is 0.140. The van der Waals surface area contributed by atoms with Crippen LogP contribution in [0.3, 0.4) is 0 Å². The van der Waals surface area contributed by atoms with E-state index in [2.05, 4.69) is 21.2 Å². The summed E-state index contributed by atoms with van der Waals surface area (Å²) in [5.41, 5.74) is 0.649. The van der Waals surface area contributed by atoms with Crippen LogP contribution in [-0.2, 0) is 14.6 Å². The lowest BCUT2D eigenvalue weighted by Gasteiger charge is -2.28. The molecule has 1 fully saturated rings. The molecule has 0 aliphatic carbocycles. The van der Waals surface area contributed by atoms with Crippen molar-refractivity contribution in [1.82, 2.24) is 4.90 Å². The van der Waals surface area contributed by atoms with Gasteiger partial charge in [0.1, 0.15) is 0 Å². The first kappa shape index (κ1) is 17.2. The highest BCUT2D eigenvalue weighted by Gasteiger charge is 2.34. The fraction of sp³-hybridized carbons (Fsp3) is 0.500. The Morgan fingerprint density at radius 3 is 2.77 bits per heavy atom. The first-order valence-electron chi connectivity index (χ1n) is 6.94. The van der Waals surface area contributed by atoms with Crippen LogP contribution in [0.25, 0.3) is 0 Å². The average Bonchev–Trinajstić information content (AvgIpc) is 2.82. The van der Waals surface area contributed by atoms with Gasteiger partial charge in [0.05, 0.1) is 23.8 Å². The average molecular weight is 391 g/mol. The van der Waals surface area contributed by atoms with E-state index < -0.39 is 9.84 Å². The number of nitrogens with zero attached hydrogens (tertiary/aromatic N) is 1. The molecule has 1 saturated heterocycles. The largest absolute Gasteiger partial charge is 0.383 e. The zero-order valence-electron chi connectivity index (χ0n) is 12.3. The van der Waals surface area contributed by atoms with Crippen molar-refractivity contribution in [2.24, 2.45) is 0 Å². The van der Waals surface area contributed by atoms with Crippen LogP contribution in [0.15, 0.2) is 28.7 Å². The fourth-order valence-corrected chi connectivity index (χ4v) is 4.52. The predicted octanol–water partition coefficient (Wildman–Crippen LogP) is 2.12. The summed E-state index contributed by atoms with van der Waals surface area (Å²) in [4.78, 5) is 14.1. The van der Waals surface area contributed by atoms with E-state index in [0.29, 0.717) is 25.3 Å². The smallest absolute Gasteiger partial charge is 0.322 e.